The van der Waals surface area contributed by atoms with Crippen LogP contribution in [0.3, 0.4) is 0 Å². The highest BCUT2D eigenvalue weighted by molar-refractivity contribution is 5.42. The lowest BCUT2D eigenvalue weighted by atomic mass is 9.95. The summed E-state index contributed by atoms with van der Waals surface area (Å²) in [7, 11) is 1.63. The molecule has 90 valence electrons. The molecule has 3 N–H and O–H groups in total. The third kappa shape index (κ3) is 3.18. The topological polar surface area (TPSA) is 68.4 Å². The van der Waals surface area contributed by atoms with Crippen LogP contribution in [0, 0.1) is 6.92 Å². The number of methoxy groups -OCH3 is 1. The van der Waals surface area contributed by atoms with E-state index in [2.05, 4.69) is 4.98 Å². The number of aryl methyl sites for hydroxylation is 1. The van der Waals surface area contributed by atoms with Crippen molar-refractivity contribution in [2.75, 3.05) is 12.8 Å². The van der Waals surface area contributed by atoms with Crippen LogP contribution in [0.15, 0.2) is 12.3 Å². The van der Waals surface area contributed by atoms with Crippen LogP contribution >= 0.6 is 0 Å². The predicted molar refractivity (Wildman–Crippen MR) is 64.1 cm³/mol. The number of aliphatic hydroxyl groups excluding tert-OH is 1. The quantitative estimate of drug-likeness (QED) is 0.818. The molecule has 4 nitrogen and oxygen atoms in total. The maximum absolute atomic E-state index is 10.1. The number of hydrogen-bond donors (Lipinski definition) is 2. The number of pyridine rings is 1. The second kappa shape index (κ2) is 4.80. The molecule has 1 aromatic heterocycles. The van der Waals surface area contributed by atoms with Gasteiger partial charge in [-0.05, 0) is 32.4 Å². The molecule has 0 aliphatic carbocycles. The molecule has 4 heteroatoms. The number of hydrogen-bond acceptors (Lipinski definition) is 4. The van der Waals surface area contributed by atoms with E-state index in [4.69, 9.17) is 10.5 Å². The van der Waals surface area contributed by atoms with Gasteiger partial charge in [0, 0.05) is 25.3 Å². The highest BCUT2D eigenvalue weighted by Gasteiger charge is 2.24. The molecular formula is C12H20N2O2. The molecule has 0 spiro atoms. The number of aliphatic hydroxyl groups is 1. The van der Waals surface area contributed by atoms with Gasteiger partial charge in [0.1, 0.15) is 5.82 Å². The Labute approximate surface area is 96.5 Å². The molecule has 1 unspecified atom stereocenters. The summed E-state index contributed by atoms with van der Waals surface area (Å²) in [4.78, 5) is 4.03. The number of nitrogen functional groups attached to an aromatic ring is 1. The zero-order valence-corrected chi connectivity index (χ0v) is 10.3. The van der Waals surface area contributed by atoms with Crippen molar-refractivity contribution in [2.24, 2.45) is 0 Å². The lowest BCUT2D eigenvalue weighted by molar-refractivity contribution is -0.0199. The van der Waals surface area contributed by atoms with E-state index in [9.17, 15) is 5.11 Å². The van der Waals surface area contributed by atoms with Gasteiger partial charge in [0.15, 0.2) is 0 Å². The van der Waals surface area contributed by atoms with E-state index >= 15 is 0 Å². The lowest BCUT2D eigenvalue weighted by Crippen LogP contribution is -2.25. The summed E-state index contributed by atoms with van der Waals surface area (Å²) in [6.07, 6.45) is 1.52. The van der Waals surface area contributed by atoms with Gasteiger partial charge in [-0.25, -0.2) is 4.98 Å². The minimum Gasteiger partial charge on any atom is -0.388 e. The van der Waals surface area contributed by atoms with E-state index in [1.165, 1.54) is 0 Å². The third-order valence-corrected chi connectivity index (χ3v) is 2.68. The molecule has 1 heterocycles. The van der Waals surface area contributed by atoms with Crippen LogP contribution < -0.4 is 5.73 Å². The Morgan fingerprint density at radius 2 is 2.19 bits per heavy atom. The van der Waals surface area contributed by atoms with E-state index in [0.717, 1.165) is 5.56 Å². The van der Waals surface area contributed by atoms with Crippen molar-refractivity contribution in [3.8, 4) is 0 Å². The first kappa shape index (κ1) is 12.9. The summed E-state index contributed by atoms with van der Waals surface area (Å²) in [5.41, 5.74) is 7.02. The Morgan fingerprint density at radius 3 is 2.75 bits per heavy atom. The monoisotopic (exact) mass is 224 g/mol. The summed E-state index contributed by atoms with van der Waals surface area (Å²) in [6, 6.07) is 1.86. The fraction of sp³-hybridized carbons (Fsp3) is 0.583. The predicted octanol–water partition coefficient (Wildman–Crippen LogP) is 1.82. The van der Waals surface area contributed by atoms with Gasteiger partial charge in [-0.3, -0.25) is 0 Å². The second-order valence-electron chi connectivity index (χ2n) is 4.67. The van der Waals surface area contributed by atoms with Crippen molar-refractivity contribution in [3.05, 3.63) is 23.4 Å². The first-order valence-corrected chi connectivity index (χ1v) is 5.31. The van der Waals surface area contributed by atoms with Crippen LogP contribution in [-0.4, -0.2) is 22.8 Å². The average Bonchev–Trinajstić information content (AvgIpc) is 2.21. The Kier molecular flexibility index (Phi) is 3.88. The molecule has 1 rings (SSSR count). The zero-order valence-electron chi connectivity index (χ0n) is 10.3. The Morgan fingerprint density at radius 1 is 1.56 bits per heavy atom. The number of aromatic nitrogens is 1. The molecular weight excluding hydrogens is 204 g/mol. The molecule has 0 saturated carbocycles. The van der Waals surface area contributed by atoms with E-state index < -0.39 is 6.10 Å². The molecule has 0 fully saturated rings. The molecule has 0 aromatic carbocycles. The van der Waals surface area contributed by atoms with Crippen molar-refractivity contribution < 1.29 is 9.84 Å². The van der Waals surface area contributed by atoms with E-state index in [0.29, 0.717) is 17.8 Å². The van der Waals surface area contributed by atoms with Crippen molar-refractivity contribution >= 4 is 5.82 Å². The van der Waals surface area contributed by atoms with Gasteiger partial charge in [0.2, 0.25) is 0 Å². The number of nitrogens with zero attached hydrogens (tertiary/aromatic N) is 1. The summed E-state index contributed by atoms with van der Waals surface area (Å²) in [5.74, 6) is 0.380. The first-order valence-electron chi connectivity index (χ1n) is 5.31. The van der Waals surface area contributed by atoms with Crippen LogP contribution in [-0.2, 0) is 4.74 Å². The second-order valence-corrected chi connectivity index (χ2v) is 4.67. The van der Waals surface area contributed by atoms with Crippen LogP contribution in [0.25, 0.3) is 0 Å². The highest BCUT2D eigenvalue weighted by atomic mass is 16.5. The van der Waals surface area contributed by atoms with Gasteiger partial charge in [-0.1, -0.05) is 0 Å². The van der Waals surface area contributed by atoms with Crippen molar-refractivity contribution in [3.63, 3.8) is 0 Å². The first-order chi connectivity index (χ1) is 7.35. The SMILES string of the molecule is COC(C)(C)CC(O)c1cc(C)cnc1N. The van der Waals surface area contributed by atoms with E-state index in [-0.39, 0.29) is 5.60 Å². The normalized spacial score (nSPS) is 13.8. The average molecular weight is 224 g/mol. The fourth-order valence-electron chi connectivity index (χ4n) is 1.53. The molecule has 0 aliphatic rings. The van der Waals surface area contributed by atoms with Crippen LogP contribution in [0.4, 0.5) is 5.82 Å². The summed E-state index contributed by atoms with van der Waals surface area (Å²) < 4.78 is 5.28. The van der Waals surface area contributed by atoms with Crippen molar-refractivity contribution in [1.82, 2.24) is 4.98 Å². The van der Waals surface area contributed by atoms with Gasteiger partial charge >= 0.3 is 0 Å². The van der Waals surface area contributed by atoms with Crippen molar-refractivity contribution in [1.29, 1.82) is 0 Å². The molecule has 16 heavy (non-hydrogen) atoms. The van der Waals surface area contributed by atoms with Crippen LogP contribution in [0.2, 0.25) is 0 Å². The standard InChI is InChI=1S/C12H20N2O2/c1-8-5-9(11(13)14-7-8)10(15)6-12(2,3)16-4/h5,7,10,15H,6H2,1-4H3,(H2,13,14). The minimum absolute atomic E-state index is 0.379. The molecule has 0 aliphatic heterocycles. The van der Waals surface area contributed by atoms with Crippen LogP contribution in [0.1, 0.15) is 37.5 Å². The van der Waals surface area contributed by atoms with Gasteiger partial charge in [-0.15, -0.1) is 0 Å². The molecule has 0 radical (unpaired) electrons. The summed E-state index contributed by atoms with van der Waals surface area (Å²) in [6.45, 7) is 5.77. The van der Waals surface area contributed by atoms with Crippen LogP contribution in [0.5, 0.6) is 0 Å². The highest BCUT2D eigenvalue weighted by Crippen LogP contribution is 2.28. The molecule has 1 aromatic rings. The Bertz CT molecular complexity index is 364. The lowest BCUT2D eigenvalue weighted by Gasteiger charge is -2.26. The zero-order chi connectivity index (χ0) is 12.3. The van der Waals surface area contributed by atoms with Gasteiger partial charge < -0.3 is 15.6 Å². The number of nitrogens with two attached hydrogens (primary N) is 1. The van der Waals surface area contributed by atoms with Gasteiger partial charge in [0.25, 0.3) is 0 Å². The van der Waals surface area contributed by atoms with E-state index in [1.807, 2.05) is 26.8 Å². The minimum atomic E-state index is -0.651. The summed E-state index contributed by atoms with van der Waals surface area (Å²) in [5, 5.41) is 10.1. The largest absolute Gasteiger partial charge is 0.388 e. The molecule has 0 amide bonds. The maximum Gasteiger partial charge on any atom is 0.129 e. The fourth-order valence-corrected chi connectivity index (χ4v) is 1.53. The maximum atomic E-state index is 10.1. The van der Waals surface area contributed by atoms with Crippen molar-refractivity contribution in [2.45, 2.75) is 38.9 Å². The Hall–Kier alpha value is -1.13. The number of anilines is 1. The van der Waals surface area contributed by atoms with Gasteiger partial charge in [0.05, 0.1) is 11.7 Å². The third-order valence-electron chi connectivity index (χ3n) is 2.68. The number of rotatable bonds is 4. The summed E-state index contributed by atoms with van der Waals surface area (Å²) >= 11 is 0. The van der Waals surface area contributed by atoms with E-state index in [1.54, 1.807) is 13.3 Å². The smallest absolute Gasteiger partial charge is 0.129 e. The molecule has 0 bridgehead atoms. The Balaban J connectivity index is 2.88. The molecule has 0 saturated heterocycles. The van der Waals surface area contributed by atoms with Gasteiger partial charge in [-0.2, -0.15) is 0 Å². The molecule has 1 atom stereocenters. The number of ether oxygens (including phenoxy) is 1.